The Labute approximate surface area is 121 Å². The molecule has 0 bridgehead atoms. The molecular formula is C14H14ClN3O2. The number of H-pyrrole nitrogens is 1. The summed E-state index contributed by atoms with van der Waals surface area (Å²) in [5.41, 5.74) is 1.85. The van der Waals surface area contributed by atoms with Gasteiger partial charge in [-0.05, 0) is 30.5 Å². The Morgan fingerprint density at radius 1 is 1.40 bits per heavy atom. The smallest absolute Gasteiger partial charge is 0.407 e. The fourth-order valence-electron chi connectivity index (χ4n) is 2.56. The van der Waals surface area contributed by atoms with E-state index in [-0.39, 0.29) is 6.04 Å². The van der Waals surface area contributed by atoms with E-state index in [0.717, 1.165) is 24.1 Å². The number of nitrogens with one attached hydrogen (secondary N) is 1. The van der Waals surface area contributed by atoms with Crippen LogP contribution in [0, 0.1) is 0 Å². The molecule has 1 aliphatic rings. The third kappa shape index (κ3) is 2.36. The van der Waals surface area contributed by atoms with Gasteiger partial charge in [0.05, 0.1) is 17.9 Å². The molecule has 1 amide bonds. The first-order chi connectivity index (χ1) is 9.65. The first-order valence-corrected chi connectivity index (χ1v) is 6.83. The zero-order valence-electron chi connectivity index (χ0n) is 10.7. The van der Waals surface area contributed by atoms with Crippen LogP contribution in [0.15, 0.2) is 30.5 Å². The number of rotatable bonds is 2. The summed E-state index contributed by atoms with van der Waals surface area (Å²) in [5, 5.41) is 9.85. The molecule has 1 saturated heterocycles. The maximum absolute atomic E-state index is 11.2. The first kappa shape index (κ1) is 13.0. The Kier molecular flexibility index (Phi) is 3.36. The number of hydrogen-bond acceptors (Lipinski definition) is 2. The van der Waals surface area contributed by atoms with Crippen LogP contribution < -0.4 is 0 Å². The normalized spacial score (nSPS) is 18.4. The molecule has 0 aliphatic carbocycles. The van der Waals surface area contributed by atoms with Crippen molar-refractivity contribution in [2.24, 2.45) is 0 Å². The van der Waals surface area contributed by atoms with Gasteiger partial charge in [0.1, 0.15) is 5.82 Å². The molecule has 1 aliphatic heterocycles. The number of carboxylic acid groups (broad SMARTS) is 1. The van der Waals surface area contributed by atoms with Gasteiger partial charge in [-0.25, -0.2) is 9.78 Å². The van der Waals surface area contributed by atoms with Gasteiger partial charge < -0.3 is 10.1 Å². The molecule has 20 heavy (non-hydrogen) atoms. The predicted molar refractivity (Wildman–Crippen MR) is 75.7 cm³/mol. The lowest BCUT2D eigenvalue weighted by Gasteiger charge is -2.19. The van der Waals surface area contributed by atoms with Gasteiger partial charge in [-0.15, -0.1) is 0 Å². The SMILES string of the molecule is O=C(O)N1CCCC1c1ncc(-c2ccc(Cl)cc2)[nH]1. The van der Waals surface area contributed by atoms with Crippen molar-refractivity contribution in [1.82, 2.24) is 14.9 Å². The Balaban J connectivity index is 1.86. The lowest BCUT2D eigenvalue weighted by atomic mass is 10.2. The summed E-state index contributed by atoms with van der Waals surface area (Å²) in [6.45, 7) is 0.566. The maximum atomic E-state index is 11.2. The molecule has 0 saturated carbocycles. The minimum absolute atomic E-state index is 0.173. The highest BCUT2D eigenvalue weighted by Gasteiger charge is 2.31. The van der Waals surface area contributed by atoms with Gasteiger partial charge in [-0.3, -0.25) is 4.90 Å². The number of aromatic amines is 1. The molecule has 6 heteroatoms. The van der Waals surface area contributed by atoms with E-state index < -0.39 is 6.09 Å². The average molecular weight is 292 g/mol. The second-order valence-electron chi connectivity index (χ2n) is 4.82. The van der Waals surface area contributed by atoms with Crippen molar-refractivity contribution in [1.29, 1.82) is 0 Å². The van der Waals surface area contributed by atoms with Gasteiger partial charge in [0.2, 0.25) is 0 Å². The van der Waals surface area contributed by atoms with Gasteiger partial charge in [0, 0.05) is 11.6 Å². The quantitative estimate of drug-likeness (QED) is 0.889. The Bertz CT molecular complexity index is 624. The molecular weight excluding hydrogens is 278 g/mol. The molecule has 2 N–H and O–H groups in total. The van der Waals surface area contributed by atoms with Crippen LogP contribution in [0.2, 0.25) is 5.02 Å². The van der Waals surface area contributed by atoms with Crippen molar-refractivity contribution in [2.45, 2.75) is 18.9 Å². The van der Waals surface area contributed by atoms with Crippen molar-refractivity contribution < 1.29 is 9.90 Å². The number of amides is 1. The number of carbonyl (C=O) groups is 1. The highest BCUT2D eigenvalue weighted by atomic mass is 35.5. The summed E-state index contributed by atoms with van der Waals surface area (Å²) in [7, 11) is 0. The van der Waals surface area contributed by atoms with E-state index in [2.05, 4.69) is 9.97 Å². The standard InChI is InChI=1S/C14H14ClN3O2/c15-10-5-3-9(4-6-10)11-8-16-13(17-11)12-2-1-7-18(12)14(19)20/h3-6,8,12H,1-2,7H2,(H,16,17)(H,19,20). The Morgan fingerprint density at radius 2 is 2.15 bits per heavy atom. The maximum Gasteiger partial charge on any atom is 0.407 e. The minimum Gasteiger partial charge on any atom is -0.465 e. The second-order valence-corrected chi connectivity index (χ2v) is 5.26. The Hall–Kier alpha value is -2.01. The van der Waals surface area contributed by atoms with Crippen LogP contribution in [-0.4, -0.2) is 32.6 Å². The molecule has 104 valence electrons. The van der Waals surface area contributed by atoms with E-state index in [1.807, 2.05) is 24.3 Å². The molecule has 2 heterocycles. The zero-order chi connectivity index (χ0) is 14.1. The van der Waals surface area contributed by atoms with Gasteiger partial charge in [-0.1, -0.05) is 23.7 Å². The van der Waals surface area contributed by atoms with E-state index in [1.165, 1.54) is 4.90 Å². The molecule has 1 aromatic heterocycles. The van der Waals surface area contributed by atoms with Crippen LogP contribution in [0.4, 0.5) is 4.79 Å². The van der Waals surface area contributed by atoms with E-state index in [4.69, 9.17) is 16.7 Å². The fourth-order valence-corrected chi connectivity index (χ4v) is 2.69. The van der Waals surface area contributed by atoms with Crippen LogP contribution in [0.1, 0.15) is 24.7 Å². The second kappa shape index (κ2) is 5.17. The summed E-state index contributed by atoms with van der Waals surface area (Å²) in [6.07, 6.45) is 2.52. The Morgan fingerprint density at radius 3 is 2.85 bits per heavy atom. The topological polar surface area (TPSA) is 69.2 Å². The molecule has 5 nitrogen and oxygen atoms in total. The van der Waals surface area contributed by atoms with E-state index in [1.54, 1.807) is 6.20 Å². The van der Waals surface area contributed by atoms with E-state index in [9.17, 15) is 4.79 Å². The average Bonchev–Trinajstić information content (AvgIpc) is 3.08. The summed E-state index contributed by atoms with van der Waals surface area (Å²) < 4.78 is 0. The highest BCUT2D eigenvalue weighted by molar-refractivity contribution is 6.30. The van der Waals surface area contributed by atoms with Crippen molar-refractivity contribution in [3.8, 4) is 11.3 Å². The summed E-state index contributed by atoms with van der Waals surface area (Å²) >= 11 is 5.86. The first-order valence-electron chi connectivity index (χ1n) is 6.45. The van der Waals surface area contributed by atoms with Gasteiger partial charge in [0.25, 0.3) is 0 Å². The number of benzene rings is 1. The molecule has 2 aromatic rings. The van der Waals surface area contributed by atoms with Crippen molar-refractivity contribution in [3.63, 3.8) is 0 Å². The van der Waals surface area contributed by atoms with Gasteiger partial charge >= 0.3 is 6.09 Å². The van der Waals surface area contributed by atoms with Crippen LogP contribution >= 0.6 is 11.6 Å². The lowest BCUT2D eigenvalue weighted by molar-refractivity contribution is 0.139. The number of imidazole rings is 1. The number of nitrogens with zero attached hydrogens (tertiary/aromatic N) is 2. The molecule has 1 aromatic carbocycles. The predicted octanol–water partition coefficient (Wildman–Crippen LogP) is 3.55. The van der Waals surface area contributed by atoms with Crippen molar-refractivity contribution in [2.75, 3.05) is 6.54 Å². The molecule has 0 spiro atoms. The summed E-state index contributed by atoms with van der Waals surface area (Å²) in [5.74, 6) is 0.704. The van der Waals surface area contributed by atoms with E-state index in [0.29, 0.717) is 17.4 Å². The minimum atomic E-state index is -0.892. The van der Waals surface area contributed by atoms with Gasteiger partial charge in [-0.2, -0.15) is 0 Å². The van der Waals surface area contributed by atoms with Crippen molar-refractivity contribution in [3.05, 3.63) is 41.3 Å². The molecule has 3 rings (SSSR count). The van der Waals surface area contributed by atoms with Crippen LogP contribution in [0.25, 0.3) is 11.3 Å². The fraction of sp³-hybridized carbons (Fsp3) is 0.286. The third-order valence-corrected chi connectivity index (χ3v) is 3.82. The van der Waals surface area contributed by atoms with Crippen LogP contribution in [0.5, 0.6) is 0 Å². The number of likely N-dealkylation sites (tertiary alicyclic amines) is 1. The van der Waals surface area contributed by atoms with Gasteiger partial charge in [0.15, 0.2) is 0 Å². The molecule has 1 atom stereocenters. The molecule has 1 unspecified atom stereocenters. The monoisotopic (exact) mass is 291 g/mol. The summed E-state index contributed by atoms with van der Waals surface area (Å²) in [4.78, 5) is 20.2. The lowest BCUT2D eigenvalue weighted by Crippen LogP contribution is -2.29. The molecule has 1 fully saturated rings. The third-order valence-electron chi connectivity index (χ3n) is 3.56. The number of halogens is 1. The number of aromatic nitrogens is 2. The van der Waals surface area contributed by atoms with E-state index >= 15 is 0 Å². The number of hydrogen-bond donors (Lipinski definition) is 2. The van der Waals surface area contributed by atoms with Crippen molar-refractivity contribution >= 4 is 17.7 Å². The molecule has 0 radical (unpaired) electrons. The highest BCUT2D eigenvalue weighted by Crippen LogP contribution is 2.31. The summed E-state index contributed by atoms with van der Waals surface area (Å²) in [6, 6.07) is 7.27. The van der Waals surface area contributed by atoms with Crippen LogP contribution in [0.3, 0.4) is 0 Å². The zero-order valence-corrected chi connectivity index (χ0v) is 11.5. The largest absolute Gasteiger partial charge is 0.465 e. The van der Waals surface area contributed by atoms with Crippen LogP contribution in [-0.2, 0) is 0 Å².